The highest BCUT2D eigenvalue weighted by atomic mass is 16.4. The summed E-state index contributed by atoms with van der Waals surface area (Å²) < 4.78 is 1.62. The van der Waals surface area contributed by atoms with Crippen molar-refractivity contribution in [3.05, 3.63) is 17.5 Å². The zero-order valence-electron chi connectivity index (χ0n) is 10.6. The Hall–Kier alpha value is -1.40. The monoisotopic (exact) mass is 240 g/mol. The topological polar surface area (TPSA) is 70.4 Å². The summed E-state index contributed by atoms with van der Waals surface area (Å²) in [6.45, 7) is 2.48. The predicted molar refractivity (Wildman–Crippen MR) is 65.0 cm³/mol. The van der Waals surface area contributed by atoms with Gasteiger partial charge in [-0.1, -0.05) is 0 Å². The molecule has 0 radical (unpaired) electrons. The molecule has 0 atom stereocenters. The highest BCUT2D eigenvalue weighted by Crippen LogP contribution is 2.10. The lowest BCUT2D eigenvalue weighted by atomic mass is 10.2. The number of nitrogens with one attached hydrogen (secondary N) is 1. The fraction of sp³-hybridized carbons (Fsp3) is 0.636. The van der Waals surface area contributed by atoms with Crippen molar-refractivity contribution >= 4 is 5.97 Å². The van der Waals surface area contributed by atoms with Gasteiger partial charge in [0, 0.05) is 13.6 Å². The van der Waals surface area contributed by atoms with E-state index in [4.69, 9.17) is 5.11 Å². The smallest absolute Gasteiger partial charge is 0.339 e. The van der Waals surface area contributed by atoms with Crippen LogP contribution in [-0.4, -0.2) is 52.9 Å². The number of hydrogen-bond donors (Lipinski definition) is 2. The molecule has 6 nitrogen and oxygen atoms in total. The molecule has 0 aliphatic heterocycles. The molecule has 0 saturated heterocycles. The molecule has 0 aliphatic carbocycles. The van der Waals surface area contributed by atoms with Gasteiger partial charge in [-0.05, 0) is 33.6 Å². The number of carboxylic acids is 1. The number of aryl methyl sites for hydroxylation is 1. The van der Waals surface area contributed by atoms with Gasteiger partial charge in [-0.25, -0.2) is 4.79 Å². The molecule has 0 unspecified atom stereocenters. The van der Waals surface area contributed by atoms with Gasteiger partial charge in [-0.2, -0.15) is 5.10 Å². The van der Waals surface area contributed by atoms with Gasteiger partial charge in [-0.3, -0.25) is 4.68 Å². The van der Waals surface area contributed by atoms with Crippen LogP contribution < -0.4 is 5.32 Å². The van der Waals surface area contributed by atoms with E-state index >= 15 is 0 Å². The first kappa shape index (κ1) is 13.7. The fourth-order valence-corrected chi connectivity index (χ4v) is 1.69. The van der Waals surface area contributed by atoms with Gasteiger partial charge in [0.25, 0.3) is 0 Å². The van der Waals surface area contributed by atoms with Gasteiger partial charge in [-0.15, -0.1) is 0 Å². The molecule has 0 amide bonds. The fourth-order valence-electron chi connectivity index (χ4n) is 1.69. The van der Waals surface area contributed by atoms with Crippen LogP contribution in [0, 0.1) is 0 Å². The second kappa shape index (κ2) is 6.36. The molecular weight excluding hydrogens is 220 g/mol. The van der Waals surface area contributed by atoms with E-state index in [1.54, 1.807) is 11.7 Å². The Kier molecular flexibility index (Phi) is 5.11. The second-order valence-corrected chi connectivity index (χ2v) is 4.13. The van der Waals surface area contributed by atoms with Gasteiger partial charge in [0.15, 0.2) is 0 Å². The molecule has 0 aromatic carbocycles. The number of carbonyl (C=O) groups is 1. The maximum atomic E-state index is 11.0. The largest absolute Gasteiger partial charge is 0.478 e. The summed E-state index contributed by atoms with van der Waals surface area (Å²) in [5, 5.41) is 16.1. The molecule has 1 aromatic heterocycles. The third-order valence-electron chi connectivity index (χ3n) is 2.68. The highest BCUT2D eigenvalue weighted by molar-refractivity contribution is 5.88. The molecule has 1 aromatic rings. The van der Waals surface area contributed by atoms with E-state index in [1.807, 2.05) is 14.1 Å². The number of rotatable bonds is 7. The minimum atomic E-state index is -0.920. The number of carboxylic acid groups (broad SMARTS) is 1. The van der Waals surface area contributed by atoms with Crippen molar-refractivity contribution < 1.29 is 9.90 Å². The highest BCUT2D eigenvalue weighted by Gasteiger charge is 2.16. The summed E-state index contributed by atoms with van der Waals surface area (Å²) in [5.74, 6) is -0.920. The Labute approximate surface area is 101 Å². The molecule has 0 aliphatic rings. The number of aromatic nitrogens is 2. The normalized spacial score (nSPS) is 11.1. The van der Waals surface area contributed by atoms with Crippen LogP contribution in [0.15, 0.2) is 6.20 Å². The summed E-state index contributed by atoms with van der Waals surface area (Å²) in [4.78, 5) is 13.1. The summed E-state index contributed by atoms with van der Waals surface area (Å²) in [6.07, 6.45) is 2.44. The summed E-state index contributed by atoms with van der Waals surface area (Å²) >= 11 is 0. The van der Waals surface area contributed by atoms with Crippen molar-refractivity contribution in [3.63, 3.8) is 0 Å². The van der Waals surface area contributed by atoms with E-state index in [9.17, 15) is 4.79 Å². The molecule has 0 saturated carbocycles. The third-order valence-corrected chi connectivity index (χ3v) is 2.68. The Morgan fingerprint density at radius 3 is 2.94 bits per heavy atom. The van der Waals surface area contributed by atoms with E-state index in [2.05, 4.69) is 15.3 Å². The molecule has 1 rings (SSSR count). The summed E-state index contributed by atoms with van der Waals surface area (Å²) in [5.41, 5.74) is 1.03. The molecule has 1 heterocycles. The van der Waals surface area contributed by atoms with Crippen LogP contribution in [0.4, 0.5) is 0 Å². The van der Waals surface area contributed by atoms with Crippen molar-refractivity contribution in [2.75, 3.05) is 27.2 Å². The maximum Gasteiger partial charge on any atom is 0.339 e. The Morgan fingerprint density at radius 2 is 2.35 bits per heavy atom. The zero-order valence-corrected chi connectivity index (χ0v) is 10.6. The van der Waals surface area contributed by atoms with E-state index in [-0.39, 0.29) is 5.56 Å². The standard InChI is InChI=1S/C11H20N4O2/c1-12-5-4-6-14(2)8-10-9(11(16)17)7-13-15(10)3/h7,12H,4-6,8H2,1-3H3,(H,16,17). The van der Waals surface area contributed by atoms with Crippen LogP contribution in [0.1, 0.15) is 22.5 Å². The summed E-state index contributed by atoms with van der Waals surface area (Å²) in [7, 11) is 5.67. The van der Waals surface area contributed by atoms with E-state index in [1.165, 1.54) is 6.20 Å². The van der Waals surface area contributed by atoms with E-state index in [0.29, 0.717) is 6.54 Å². The van der Waals surface area contributed by atoms with Crippen molar-refractivity contribution in [2.24, 2.45) is 7.05 Å². The van der Waals surface area contributed by atoms with Crippen molar-refractivity contribution in [1.29, 1.82) is 0 Å². The van der Waals surface area contributed by atoms with Gasteiger partial charge < -0.3 is 15.3 Å². The van der Waals surface area contributed by atoms with Crippen LogP contribution in [0.25, 0.3) is 0 Å². The first-order valence-electron chi connectivity index (χ1n) is 5.63. The molecule has 0 bridgehead atoms. The first-order valence-corrected chi connectivity index (χ1v) is 5.63. The van der Waals surface area contributed by atoms with Crippen molar-refractivity contribution in [3.8, 4) is 0 Å². The molecule has 17 heavy (non-hydrogen) atoms. The number of nitrogens with zero attached hydrogens (tertiary/aromatic N) is 3. The average molecular weight is 240 g/mol. The lowest BCUT2D eigenvalue weighted by molar-refractivity contribution is 0.0694. The molecule has 96 valence electrons. The van der Waals surface area contributed by atoms with E-state index in [0.717, 1.165) is 25.2 Å². The van der Waals surface area contributed by atoms with Crippen molar-refractivity contribution in [1.82, 2.24) is 20.0 Å². The summed E-state index contributed by atoms with van der Waals surface area (Å²) in [6, 6.07) is 0. The maximum absolute atomic E-state index is 11.0. The Balaban J connectivity index is 2.61. The molecule has 6 heteroatoms. The third kappa shape index (κ3) is 3.83. The molecule has 0 fully saturated rings. The van der Waals surface area contributed by atoms with Crippen molar-refractivity contribution in [2.45, 2.75) is 13.0 Å². The molecule has 2 N–H and O–H groups in total. The Morgan fingerprint density at radius 1 is 1.65 bits per heavy atom. The minimum Gasteiger partial charge on any atom is -0.478 e. The number of hydrogen-bond acceptors (Lipinski definition) is 4. The number of aromatic carboxylic acids is 1. The Bertz CT molecular complexity index is 376. The van der Waals surface area contributed by atoms with Crippen LogP contribution in [0.3, 0.4) is 0 Å². The second-order valence-electron chi connectivity index (χ2n) is 4.13. The lowest BCUT2D eigenvalue weighted by Gasteiger charge is -2.17. The van der Waals surface area contributed by atoms with Crippen LogP contribution in [0.2, 0.25) is 0 Å². The first-order chi connectivity index (χ1) is 8.06. The van der Waals surface area contributed by atoms with Crippen LogP contribution >= 0.6 is 0 Å². The van der Waals surface area contributed by atoms with Crippen LogP contribution in [0.5, 0.6) is 0 Å². The molecule has 0 spiro atoms. The average Bonchev–Trinajstić information content (AvgIpc) is 2.61. The van der Waals surface area contributed by atoms with Gasteiger partial charge in [0.05, 0.1) is 11.9 Å². The van der Waals surface area contributed by atoms with Gasteiger partial charge in [0.2, 0.25) is 0 Å². The lowest BCUT2D eigenvalue weighted by Crippen LogP contribution is -2.24. The zero-order chi connectivity index (χ0) is 12.8. The predicted octanol–water partition coefficient (Wildman–Crippen LogP) is 0.160. The quantitative estimate of drug-likeness (QED) is 0.664. The minimum absolute atomic E-state index is 0.285. The van der Waals surface area contributed by atoms with Gasteiger partial charge in [0.1, 0.15) is 5.56 Å². The van der Waals surface area contributed by atoms with Crippen LogP contribution in [-0.2, 0) is 13.6 Å². The van der Waals surface area contributed by atoms with E-state index < -0.39 is 5.97 Å². The van der Waals surface area contributed by atoms with Gasteiger partial charge >= 0.3 is 5.97 Å². The SMILES string of the molecule is CNCCCN(C)Cc1c(C(=O)O)cnn1C. The molecular formula is C11H20N4O2.